The van der Waals surface area contributed by atoms with Crippen molar-refractivity contribution in [3.63, 3.8) is 0 Å². The van der Waals surface area contributed by atoms with Crippen LogP contribution in [0, 0.1) is 0 Å². The van der Waals surface area contributed by atoms with Crippen molar-refractivity contribution in [3.8, 4) is 0 Å². The molecular formula is C54H105NO5. The lowest BCUT2D eigenvalue weighted by molar-refractivity contribution is -0.132. The lowest BCUT2D eigenvalue weighted by Gasteiger charge is -2.27. The van der Waals surface area contributed by atoms with Crippen molar-refractivity contribution in [1.29, 1.82) is 0 Å². The van der Waals surface area contributed by atoms with Crippen molar-refractivity contribution in [2.24, 2.45) is 0 Å². The standard InChI is InChI=1S/C54H105NO5/c1-3-5-7-9-11-13-15-17-19-21-22-23-24-25-26-27-28-29-30-31-32-34-35-37-39-41-43-45-47-51(57)53(59)50(49-56)55-54(60)52(58)48-46-44-42-40-38-36-33-20-18-16-14-12-10-8-6-4-2/h12,14,18,20,50-53,56-59H,3-11,13,15-17,19,21-49H2,1-2H3,(H,55,60)/b14-12-,20-18-. The molecule has 0 aliphatic heterocycles. The highest BCUT2D eigenvalue weighted by Gasteiger charge is 2.28. The third-order valence-electron chi connectivity index (χ3n) is 12.7. The van der Waals surface area contributed by atoms with Crippen LogP contribution < -0.4 is 5.32 Å². The number of aliphatic hydroxyl groups excluding tert-OH is 4. The molecule has 0 aromatic rings. The predicted octanol–water partition coefficient (Wildman–Crippen LogP) is 15.1. The minimum absolute atomic E-state index is 0.358. The van der Waals surface area contributed by atoms with E-state index in [1.54, 1.807) is 0 Å². The van der Waals surface area contributed by atoms with E-state index in [4.69, 9.17) is 0 Å². The second-order valence-corrected chi connectivity index (χ2v) is 18.6. The molecule has 0 saturated carbocycles. The van der Waals surface area contributed by atoms with Crippen molar-refractivity contribution in [2.75, 3.05) is 6.61 Å². The van der Waals surface area contributed by atoms with Gasteiger partial charge >= 0.3 is 0 Å². The number of hydrogen-bond acceptors (Lipinski definition) is 5. The third kappa shape index (κ3) is 42.1. The molecule has 356 valence electrons. The summed E-state index contributed by atoms with van der Waals surface area (Å²) in [5.41, 5.74) is 0. The van der Waals surface area contributed by atoms with Crippen LogP contribution in [0.15, 0.2) is 24.3 Å². The monoisotopic (exact) mass is 848 g/mol. The largest absolute Gasteiger partial charge is 0.394 e. The molecule has 5 N–H and O–H groups in total. The smallest absolute Gasteiger partial charge is 0.249 e. The van der Waals surface area contributed by atoms with Gasteiger partial charge in [-0.25, -0.2) is 0 Å². The summed E-state index contributed by atoms with van der Waals surface area (Å²) in [4.78, 5) is 12.5. The molecule has 4 atom stereocenters. The molecule has 0 fully saturated rings. The van der Waals surface area contributed by atoms with Crippen molar-refractivity contribution in [2.45, 2.75) is 308 Å². The first-order valence-corrected chi connectivity index (χ1v) is 26.7. The van der Waals surface area contributed by atoms with Gasteiger partial charge in [-0.3, -0.25) is 4.79 Å². The topological polar surface area (TPSA) is 110 Å². The van der Waals surface area contributed by atoms with Gasteiger partial charge in [0.25, 0.3) is 0 Å². The Morgan fingerprint density at radius 2 is 0.717 bits per heavy atom. The summed E-state index contributed by atoms with van der Waals surface area (Å²) in [5.74, 6) is -0.589. The second kappa shape index (κ2) is 48.8. The molecule has 0 bridgehead atoms. The quantitative estimate of drug-likeness (QED) is 0.0309. The molecule has 0 radical (unpaired) electrons. The highest BCUT2D eigenvalue weighted by molar-refractivity contribution is 5.80. The van der Waals surface area contributed by atoms with Gasteiger partial charge in [0.2, 0.25) is 5.91 Å². The van der Waals surface area contributed by atoms with Crippen LogP contribution in [0.4, 0.5) is 0 Å². The highest BCUT2D eigenvalue weighted by atomic mass is 16.3. The van der Waals surface area contributed by atoms with Crippen LogP contribution in [0.2, 0.25) is 0 Å². The number of amides is 1. The van der Waals surface area contributed by atoms with Crippen molar-refractivity contribution >= 4 is 5.91 Å². The Balaban J connectivity index is 3.60. The summed E-state index contributed by atoms with van der Waals surface area (Å²) >= 11 is 0. The van der Waals surface area contributed by atoms with Crippen LogP contribution in [-0.4, -0.2) is 57.3 Å². The molecule has 6 nitrogen and oxygen atoms in total. The molecular weight excluding hydrogens is 743 g/mol. The highest BCUT2D eigenvalue weighted by Crippen LogP contribution is 2.18. The number of carbonyl (C=O) groups is 1. The van der Waals surface area contributed by atoms with Gasteiger partial charge in [0, 0.05) is 0 Å². The molecule has 0 saturated heterocycles. The summed E-state index contributed by atoms with van der Waals surface area (Å²) in [5, 5.41) is 43.9. The number of carbonyl (C=O) groups excluding carboxylic acids is 1. The Morgan fingerprint density at radius 1 is 0.417 bits per heavy atom. The van der Waals surface area contributed by atoms with Gasteiger partial charge in [-0.2, -0.15) is 0 Å². The van der Waals surface area contributed by atoms with E-state index in [0.717, 1.165) is 57.8 Å². The fourth-order valence-corrected chi connectivity index (χ4v) is 8.44. The van der Waals surface area contributed by atoms with Gasteiger partial charge in [0.1, 0.15) is 12.2 Å². The minimum atomic E-state index is -1.26. The van der Waals surface area contributed by atoms with Gasteiger partial charge in [-0.15, -0.1) is 0 Å². The lowest BCUT2D eigenvalue weighted by atomic mass is 9.99. The van der Waals surface area contributed by atoms with E-state index in [0.29, 0.717) is 12.8 Å². The maximum Gasteiger partial charge on any atom is 0.249 e. The van der Waals surface area contributed by atoms with Gasteiger partial charge < -0.3 is 25.7 Å². The molecule has 0 spiro atoms. The number of aliphatic hydroxyl groups is 4. The number of rotatable bonds is 49. The normalized spacial score (nSPS) is 14.0. The number of hydrogen-bond donors (Lipinski definition) is 5. The summed E-state index contributed by atoms with van der Waals surface area (Å²) in [7, 11) is 0. The molecule has 6 heteroatoms. The Hall–Kier alpha value is -1.21. The Morgan fingerprint density at radius 3 is 1.08 bits per heavy atom. The number of nitrogens with one attached hydrogen (secondary N) is 1. The molecule has 4 unspecified atom stereocenters. The van der Waals surface area contributed by atoms with Crippen molar-refractivity contribution < 1.29 is 25.2 Å². The fraction of sp³-hybridized carbons (Fsp3) is 0.907. The van der Waals surface area contributed by atoms with E-state index in [1.165, 1.54) is 199 Å². The zero-order valence-electron chi connectivity index (χ0n) is 40.2. The van der Waals surface area contributed by atoms with Crippen molar-refractivity contribution in [1.82, 2.24) is 5.32 Å². The van der Waals surface area contributed by atoms with Crippen LogP contribution >= 0.6 is 0 Å². The maximum absolute atomic E-state index is 12.5. The second-order valence-electron chi connectivity index (χ2n) is 18.6. The number of unbranched alkanes of at least 4 members (excludes halogenated alkanes) is 36. The third-order valence-corrected chi connectivity index (χ3v) is 12.7. The lowest BCUT2D eigenvalue weighted by Crippen LogP contribution is -2.53. The first-order valence-electron chi connectivity index (χ1n) is 26.7. The van der Waals surface area contributed by atoms with Crippen LogP contribution in [0.25, 0.3) is 0 Å². The van der Waals surface area contributed by atoms with Crippen LogP contribution in [0.5, 0.6) is 0 Å². The number of allylic oxidation sites excluding steroid dienone is 4. The minimum Gasteiger partial charge on any atom is -0.394 e. The Bertz CT molecular complexity index is 909. The molecule has 0 aliphatic rings. The summed E-state index contributed by atoms with van der Waals surface area (Å²) in [6.45, 7) is 4.05. The fourth-order valence-electron chi connectivity index (χ4n) is 8.44. The molecule has 0 aliphatic carbocycles. The SMILES string of the molecule is CCCCC/C=C\C/C=C\CCCCCCCCC(O)C(=O)NC(CO)C(O)C(O)CCCCCCCCCCCCCCCCCCCCCCCCCCCCCC. The zero-order valence-corrected chi connectivity index (χ0v) is 40.2. The van der Waals surface area contributed by atoms with E-state index < -0.39 is 36.9 Å². The predicted molar refractivity (Wildman–Crippen MR) is 261 cm³/mol. The van der Waals surface area contributed by atoms with E-state index >= 15 is 0 Å². The molecule has 0 rings (SSSR count). The maximum atomic E-state index is 12.5. The molecule has 60 heavy (non-hydrogen) atoms. The van der Waals surface area contributed by atoms with Crippen LogP contribution in [0.3, 0.4) is 0 Å². The van der Waals surface area contributed by atoms with Crippen LogP contribution in [0.1, 0.15) is 284 Å². The van der Waals surface area contributed by atoms with Gasteiger partial charge in [-0.05, 0) is 44.9 Å². The molecule has 0 aromatic carbocycles. The summed E-state index contributed by atoms with van der Waals surface area (Å²) in [6, 6.07) is -0.989. The van der Waals surface area contributed by atoms with Gasteiger partial charge in [0.15, 0.2) is 0 Å². The average molecular weight is 848 g/mol. The average Bonchev–Trinajstić information content (AvgIpc) is 3.25. The van der Waals surface area contributed by atoms with Gasteiger partial charge in [-0.1, -0.05) is 263 Å². The Labute approximate surface area is 374 Å². The Kier molecular flexibility index (Phi) is 47.8. The molecule has 0 aromatic heterocycles. The van der Waals surface area contributed by atoms with Crippen molar-refractivity contribution in [3.05, 3.63) is 24.3 Å². The van der Waals surface area contributed by atoms with Crippen LogP contribution in [-0.2, 0) is 4.79 Å². The van der Waals surface area contributed by atoms with E-state index in [2.05, 4.69) is 43.5 Å². The van der Waals surface area contributed by atoms with E-state index in [-0.39, 0.29) is 0 Å². The first kappa shape index (κ1) is 58.8. The van der Waals surface area contributed by atoms with E-state index in [9.17, 15) is 25.2 Å². The van der Waals surface area contributed by atoms with E-state index in [1.807, 2.05) is 0 Å². The zero-order chi connectivity index (χ0) is 43.8. The molecule has 0 heterocycles. The van der Waals surface area contributed by atoms with Gasteiger partial charge in [0.05, 0.1) is 18.8 Å². The first-order chi connectivity index (χ1) is 29.5. The summed E-state index contributed by atoms with van der Waals surface area (Å²) in [6.07, 6.45) is 58.1. The molecule has 1 amide bonds. The summed E-state index contributed by atoms with van der Waals surface area (Å²) < 4.78 is 0.